The highest BCUT2D eigenvalue weighted by Crippen LogP contribution is 2.27. The highest BCUT2D eigenvalue weighted by atomic mass is 32.2. The second kappa shape index (κ2) is 8.53. The van der Waals surface area contributed by atoms with Crippen molar-refractivity contribution in [2.24, 2.45) is 5.92 Å². The van der Waals surface area contributed by atoms with E-state index in [4.69, 9.17) is 0 Å². The zero-order chi connectivity index (χ0) is 18.6. The van der Waals surface area contributed by atoms with Crippen molar-refractivity contribution in [2.75, 3.05) is 25.4 Å². The molecule has 26 heavy (non-hydrogen) atoms. The van der Waals surface area contributed by atoms with E-state index in [2.05, 4.69) is 24.3 Å². The Bertz CT molecular complexity index is 697. The van der Waals surface area contributed by atoms with Gasteiger partial charge in [0.15, 0.2) is 0 Å². The topological polar surface area (TPSA) is 57.7 Å². The molecule has 3 rings (SSSR count). The molecule has 2 saturated heterocycles. The summed E-state index contributed by atoms with van der Waals surface area (Å²) in [6, 6.07) is 10.0. The summed E-state index contributed by atoms with van der Waals surface area (Å²) in [5, 5.41) is 0. The minimum absolute atomic E-state index is 0.0142. The van der Waals surface area contributed by atoms with Crippen LogP contribution in [0.25, 0.3) is 0 Å². The fourth-order valence-electron chi connectivity index (χ4n) is 4.21. The van der Waals surface area contributed by atoms with Crippen LogP contribution in [0.5, 0.6) is 0 Å². The molecule has 0 bridgehead atoms. The van der Waals surface area contributed by atoms with Crippen molar-refractivity contribution in [3.8, 4) is 0 Å². The third-order valence-electron chi connectivity index (χ3n) is 5.60. The van der Waals surface area contributed by atoms with Crippen molar-refractivity contribution in [3.63, 3.8) is 0 Å². The van der Waals surface area contributed by atoms with Gasteiger partial charge < -0.3 is 4.90 Å². The second-order valence-corrected chi connectivity index (χ2v) is 9.58. The lowest BCUT2D eigenvalue weighted by atomic mass is 9.90. The molecule has 6 heteroatoms. The van der Waals surface area contributed by atoms with E-state index in [1.54, 1.807) is 0 Å². The normalized spacial score (nSPS) is 22.7. The monoisotopic (exact) mass is 378 g/mol. The fourth-order valence-corrected chi connectivity index (χ4v) is 5.95. The minimum atomic E-state index is -3.31. The lowest BCUT2D eigenvalue weighted by molar-refractivity contribution is -0.136. The first kappa shape index (κ1) is 19.4. The van der Waals surface area contributed by atoms with E-state index in [0.717, 1.165) is 38.8 Å². The molecule has 0 spiro atoms. The van der Waals surface area contributed by atoms with Crippen molar-refractivity contribution in [2.45, 2.75) is 51.5 Å². The zero-order valence-electron chi connectivity index (χ0n) is 15.6. The number of carbonyl (C=O) groups is 1. The van der Waals surface area contributed by atoms with E-state index in [9.17, 15) is 13.2 Å². The van der Waals surface area contributed by atoms with Crippen LogP contribution in [0.15, 0.2) is 30.3 Å². The molecule has 5 nitrogen and oxygen atoms in total. The second-order valence-electron chi connectivity index (χ2n) is 7.54. The number of rotatable bonds is 6. The van der Waals surface area contributed by atoms with Gasteiger partial charge in [0, 0.05) is 19.6 Å². The molecule has 0 radical (unpaired) electrons. The summed E-state index contributed by atoms with van der Waals surface area (Å²) in [7, 11) is -3.31. The first-order valence-corrected chi connectivity index (χ1v) is 11.4. The Kier molecular flexibility index (Phi) is 6.35. The van der Waals surface area contributed by atoms with Crippen LogP contribution in [0.4, 0.5) is 0 Å². The van der Waals surface area contributed by atoms with E-state index < -0.39 is 16.1 Å². The third kappa shape index (κ3) is 4.46. The average Bonchev–Trinajstić information content (AvgIpc) is 3.13. The molecule has 1 amide bonds. The first-order chi connectivity index (χ1) is 12.5. The first-order valence-electron chi connectivity index (χ1n) is 9.83. The van der Waals surface area contributed by atoms with Crippen molar-refractivity contribution < 1.29 is 13.2 Å². The average molecular weight is 379 g/mol. The van der Waals surface area contributed by atoms with Gasteiger partial charge in [-0.25, -0.2) is 8.42 Å². The van der Waals surface area contributed by atoms with Crippen molar-refractivity contribution in [1.82, 2.24) is 9.21 Å². The number of hydrogen-bond donors (Lipinski definition) is 0. The summed E-state index contributed by atoms with van der Waals surface area (Å²) >= 11 is 0. The summed E-state index contributed by atoms with van der Waals surface area (Å²) in [5.41, 5.74) is 1.35. The van der Waals surface area contributed by atoms with Crippen LogP contribution in [-0.4, -0.2) is 55.0 Å². The Balaban J connectivity index is 1.56. The lowest BCUT2D eigenvalue weighted by Gasteiger charge is -2.35. The van der Waals surface area contributed by atoms with Crippen molar-refractivity contribution >= 4 is 15.9 Å². The number of amides is 1. The number of hydrogen-bond acceptors (Lipinski definition) is 3. The van der Waals surface area contributed by atoms with Gasteiger partial charge in [-0.3, -0.25) is 4.79 Å². The smallest absolute Gasteiger partial charge is 0.241 e. The largest absolute Gasteiger partial charge is 0.341 e. The third-order valence-corrected chi connectivity index (χ3v) is 7.68. The summed E-state index contributed by atoms with van der Waals surface area (Å²) in [6.45, 7) is 3.84. The molecule has 144 valence electrons. The number of benzene rings is 1. The highest BCUT2D eigenvalue weighted by Gasteiger charge is 2.40. The maximum atomic E-state index is 12.9. The van der Waals surface area contributed by atoms with Gasteiger partial charge in [-0.15, -0.1) is 0 Å². The van der Waals surface area contributed by atoms with E-state index >= 15 is 0 Å². The van der Waals surface area contributed by atoms with Crippen LogP contribution >= 0.6 is 0 Å². The predicted octanol–water partition coefficient (Wildman–Crippen LogP) is 2.67. The Hall–Kier alpha value is -1.40. The minimum Gasteiger partial charge on any atom is -0.341 e. The SMILES string of the molecule is CCCS(=O)(=O)N1CCCC1C(=O)N1CCC(Cc2ccccc2)CC1. The van der Waals surface area contributed by atoms with Crippen molar-refractivity contribution in [3.05, 3.63) is 35.9 Å². The predicted molar refractivity (Wildman–Crippen MR) is 103 cm³/mol. The number of nitrogens with zero attached hydrogens (tertiary/aromatic N) is 2. The number of carbonyl (C=O) groups excluding carboxylic acids is 1. The maximum absolute atomic E-state index is 12.9. The van der Waals surface area contributed by atoms with Crippen LogP contribution in [0, 0.1) is 5.92 Å². The van der Waals surface area contributed by atoms with Gasteiger partial charge in [-0.2, -0.15) is 4.31 Å². The number of likely N-dealkylation sites (tertiary alicyclic amines) is 1. The number of piperidine rings is 1. The number of sulfonamides is 1. The molecule has 2 aliphatic rings. The maximum Gasteiger partial charge on any atom is 0.241 e. The Morgan fingerprint density at radius 3 is 2.42 bits per heavy atom. The summed E-state index contributed by atoms with van der Waals surface area (Å²) in [6.07, 6.45) is 5.08. The molecule has 1 atom stereocenters. The molecule has 1 unspecified atom stereocenters. The van der Waals surface area contributed by atoms with Gasteiger partial charge in [-0.1, -0.05) is 37.3 Å². The lowest BCUT2D eigenvalue weighted by Crippen LogP contribution is -2.50. The summed E-state index contributed by atoms with van der Waals surface area (Å²) in [4.78, 5) is 14.8. The molecule has 2 fully saturated rings. The van der Waals surface area contributed by atoms with Gasteiger partial charge in [0.1, 0.15) is 6.04 Å². The van der Waals surface area contributed by atoms with Gasteiger partial charge in [-0.05, 0) is 50.0 Å². The molecular weight excluding hydrogens is 348 g/mol. The fraction of sp³-hybridized carbons (Fsp3) is 0.650. The summed E-state index contributed by atoms with van der Waals surface area (Å²) in [5.74, 6) is 0.751. The van der Waals surface area contributed by atoms with Gasteiger partial charge >= 0.3 is 0 Å². The van der Waals surface area contributed by atoms with Crippen LogP contribution in [0.3, 0.4) is 0 Å². The van der Waals surface area contributed by atoms with E-state index in [1.807, 2.05) is 17.9 Å². The van der Waals surface area contributed by atoms with Gasteiger partial charge in [0.05, 0.1) is 5.75 Å². The highest BCUT2D eigenvalue weighted by molar-refractivity contribution is 7.89. The molecular formula is C20H30N2O3S. The molecule has 1 aromatic carbocycles. The van der Waals surface area contributed by atoms with Gasteiger partial charge in [0.25, 0.3) is 0 Å². The van der Waals surface area contributed by atoms with Crippen LogP contribution in [0.1, 0.15) is 44.6 Å². The van der Waals surface area contributed by atoms with Crippen molar-refractivity contribution in [1.29, 1.82) is 0 Å². The summed E-state index contributed by atoms with van der Waals surface area (Å²) < 4.78 is 26.3. The van der Waals surface area contributed by atoms with Gasteiger partial charge in [0.2, 0.25) is 15.9 Å². The molecule has 1 aromatic rings. The van der Waals surface area contributed by atoms with E-state index in [0.29, 0.717) is 25.3 Å². The van der Waals surface area contributed by atoms with Crippen LogP contribution < -0.4 is 0 Å². The molecule has 2 aliphatic heterocycles. The molecule has 0 N–H and O–H groups in total. The Morgan fingerprint density at radius 1 is 1.08 bits per heavy atom. The molecule has 0 aromatic heterocycles. The standard InChI is InChI=1S/C20H30N2O3S/c1-2-15-26(24,25)22-12-6-9-19(22)20(23)21-13-10-18(11-14-21)16-17-7-4-3-5-8-17/h3-5,7-8,18-19H,2,6,9-16H2,1H3. The van der Waals surface area contributed by atoms with Crippen LogP contribution in [0.2, 0.25) is 0 Å². The van der Waals surface area contributed by atoms with E-state index in [-0.39, 0.29) is 11.7 Å². The molecule has 2 heterocycles. The Morgan fingerprint density at radius 2 is 1.77 bits per heavy atom. The van der Waals surface area contributed by atoms with Crippen LogP contribution in [-0.2, 0) is 21.2 Å². The molecule has 0 saturated carbocycles. The quantitative estimate of drug-likeness (QED) is 0.765. The molecule has 0 aliphatic carbocycles. The zero-order valence-corrected chi connectivity index (χ0v) is 16.5. The van der Waals surface area contributed by atoms with E-state index in [1.165, 1.54) is 9.87 Å². The Labute approximate surface area is 157 Å².